The van der Waals surface area contributed by atoms with Crippen LogP contribution in [0.5, 0.6) is 0 Å². The summed E-state index contributed by atoms with van der Waals surface area (Å²) in [5.74, 6) is -0.757. The number of nitrogens with zero attached hydrogens (tertiary/aromatic N) is 3. The summed E-state index contributed by atoms with van der Waals surface area (Å²) >= 11 is 1.02. The molecule has 2 heterocycles. The lowest BCUT2D eigenvalue weighted by molar-refractivity contribution is -0.113. The van der Waals surface area contributed by atoms with Crippen molar-refractivity contribution in [2.75, 3.05) is 24.2 Å². The molecule has 2 aromatic carbocycles. The lowest BCUT2D eigenvalue weighted by atomic mass is 10.2. The Hall–Kier alpha value is -2.76. The lowest BCUT2D eigenvalue weighted by Crippen LogP contribution is -2.27. The van der Waals surface area contributed by atoms with Crippen LogP contribution in [0.1, 0.15) is 12.8 Å². The molecule has 0 spiro atoms. The molecule has 4 rings (SSSR count). The molecule has 0 radical (unpaired) electrons. The maximum Gasteiger partial charge on any atom is 0.277 e. The smallest absolute Gasteiger partial charge is 0.277 e. The van der Waals surface area contributed by atoms with E-state index in [-0.39, 0.29) is 27.4 Å². The monoisotopic (exact) mass is 462 g/mol. The highest BCUT2D eigenvalue weighted by atomic mass is 32.2. The maximum absolute atomic E-state index is 13.6. The summed E-state index contributed by atoms with van der Waals surface area (Å²) < 4.78 is 45.8. The summed E-state index contributed by atoms with van der Waals surface area (Å²) in [6.07, 6.45) is 1.75. The van der Waals surface area contributed by atoms with E-state index in [0.717, 1.165) is 24.6 Å². The second-order valence-corrected chi connectivity index (χ2v) is 9.69. The van der Waals surface area contributed by atoms with Gasteiger partial charge < -0.3 is 9.73 Å². The van der Waals surface area contributed by atoms with Crippen LogP contribution in [-0.2, 0) is 14.8 Å². The molecule has 0 saturated carbocycles. The molecular weight excluding hydrogens is 443 g/mol. The fourth-order valence-electron chi connectivity index (χ4n) is 3.11. The van der Waals surface area contributed by atoms with Crippen molar-refractivity contribution in [1.29, 1.82) is 0 Å². The highest BCUT2D eigenvalue weighted by molar-refractivity contribution is 7.99. The van der Waals surface area contributed by atoms with Crippen molar-refractivity contribution in [3.05, 3.63) is 54.3 Å². The van der Waals surface area contributed by atoms with E-state index >= 15 is 0 Å². The van der Waals surface area contributed by atoms with Crippen LogP contribution < -0.4 is 5.32 Å². The van der Waals surface area contributed by atoms with E-state index in [2.05, 4.69) is 15.5 Å². The number of hydrogen-bond donors (Lipinski definition) is 1. The topological polar surface area (TPSA) is 105 Å². The van der Waals surface area contributed by atoms with Crippen molar-refractivity contribution in [3.8, 4) is 11.5 Å². The van der Waals surface area contributed by atoms with Crippen molar-refractivity contribution in [2.45, 2.75) is 23.0 Å². The van der Waals surface area contributed by atoms with Gasteiger partial charge in [-0.3, -0.25) is 4.79 Å². The van der Waals surface area contributed by atoms with Crippen LogP contribution in [0.15, 0.2) is 63.1 Å². The highest BCUT2D eigenvalue weighted by Gasteiger charge is 2.27. The van der Waals surface area contributed by atoms with Crippen molar-refractivity contribution in [1.82, 2.24) is 14.5 Å². The summed E-state index contributed by atoms with van der Waals surface area (Å²) in [5, 5.41) is 10.5. The van der Waals surface area contributed by atoms with Crippen LogP contribution >= 0.6 is 11.8 Å². The number of rotatable bonds is 7. The number of benzene rings is 2. The standard InChI is InChI=1S/C20H19FN4O4S2/c21-16-5-1-2-6-17(16)22-18(26)13-30-20-24-23-19(29-20)14-7-9-15(10-8-14)31(27,28)25-11-3-4-12-25/h1-2,5-10H,3-4,11-13H2,(H,22,26). The fourth-order valence-corrected chi connectivity index (χ4v) is 5.19. The summed E-state index contributed by atoms with van der Waals surface area (Å²) in [6, 6.07) is 12.1. The number of carbonyl (C=O) groups excluding carboxylic acids is 1. The SMILES string of the molecule is O=C(CSc1nnc(-c2ccc(S(=O)(=O)N3CCCC3)cc2)o1)Nc1ccccc1F. The molecule has 0 aliphatic carbocycles. The first kappa shape index (κ1) is 21.5. The van der Waals surface area contributed by atoms with E-state index in [9.17, 15) is 17.6 Å². The van der Waals surface area contributed by atoms with Gasteiger partial charge in [-0.1, -0.05) is 23.9 Å². The number of sulfonamides is 1. The Balaban J connectivity index is 1.37. The first-order valence-electron chi connectivity index (χ1n) is 9.55. The van der Waals surface area contributed by atoms with Gasteiger partial charge in [0.1, 0.15) is 5.82 Å². The number of para-hydroxylation sites is 1. The third-order valence-corrected chi connectivity index (χ3v) is 7.42. The molecule has 3 aromatic rings. The molecule has 0 atom stereocenters. The van der Waals surface area contributed by atoms with Crippen LogP contribution in [0.2, 0.25) is 0 Å². The van der Waals surface area contributed by atoms with Gasteiger partial charge in [-0.25, -0.2) is 12.8 Å². The Kier molecular flexibility index (Phi) is 6.35. The third kappa shape index (κ3) is 4.94. The number of amides is 1. The van der Waals surface area contributed by atoms with Gasteiger partial charge in [-0.15, -0.1) is 10.2 Å². The first-order chi connectivity index (χ1) is 14.9. The maximum atomic E-state index is 13.6. The van der Waals surface area contributed by atoms with E-state index in [1.165, 1.54) is 34.6 Å². The molecule has 0 unspecified atom stereocenters. The number of anilines is 1. The average molecular weight is 463 g/mol. The summed E-state index contributed by atoms with van der Waals surface area (Å²) in [4.78, 5) is 12.2. The molecule has 1 saturated heterocycles. The zero-order valence-corrected chi connectivity index (χ0v) is 18.0. The van der Waals surface area contributed by atoms with Crippen molar-refractivity contribution >= 4 is 33.4 Å². The van der Waals surface area contributed by atoms with Crippen LogP contribution in [0.3, 0.4) is 0 Å². The molecule has 0 bridgehead atoms. The summed E-state index contributed by atoms with van der Waals surface area (Å²) in [7, 11) is -3.49. The van der Waals surface area contributed by atoms with Gasteiger partial charge in [-0.2, -0.15) is 4.31 Å². The van der Waals surface area contributed by atoms with Gasteiger partial charge in [0.25, 0.3) is 5.22 Å². The van der Waals surface area contributed by atoms with E-state index in [1.54, 1.807) is 18.2 Å². The van der Waals surface area contributed by atoms with Crippen LogP contribution in [0, 0.1) is 5.82 Å². The molecular formula is C20H19FN4O4S2. The molecule has 8 nitrogen and oxygen atoms in total. The quantitative estimate of drug-likeness (QED) is 0.537. The number of aromatic nitrogens is 2. The van der Waals surface area contributed by atoms with Crippen molar-refractivity contribution < 1.29 is 22.0 Å². The van der Waals surface area contributed by atoms with Crippen molar-refractivity contribution in [3.63, 3.8) is 0 Å². The Morgan fingerprint density at radius 2 is 1.81 bits per heavy atom. The Labute approximate surface area is 182 Å². The van der Waals surface area contributed by atoms with Gasteiger partial charge in [0.2, 0.25) is 21.8 Å². The van der Waals surface area contributed by atoms with Gasteiger partial charge in [0.15, 0.2) is 0 Å². The fraction of sp³-hybridized carbons (Fsp3) is 0.250. The molecule has 162 valence electrons. The number of halogens is 1. The van der Waals surface area contributed by atoms with E-state index in [4.69, 9.17) is 4.42 Å². The van der Waals surface area contributed by atoms with Crippen LogP contribution in [0.4, 0.5) is 10.1 Å². The zero-order valence-electron chi connectivity index (χ0n) is 16.3. The molecule has 1 fully saturated rings. The van der Waals surface area contributed by atoms with Gasteiger partial charge in [0, 0.05) is 18.7 Å². The predicted molar refractivity (Wildman–Crippen MR) is 113 cm³/mol. The second-order valence-electron chi connectivity index (χ2n) is 6.83. The molecule has 1 aromatic heterocycles. The first-order valence-corrected chi connectivity index (χ1v) is 12.0. The van der Waals surface area contributed by atoms with E-state index in [0.29, 0.717) is 18.7 Å². The molecule has 1 aliphatic rings. The van der Waals surface area contributed by atoms with E-state index < -0.39 is 21.7 Å². The molecule has 31 heavy (non-hydrogen) atoms. The normalized spacial score (nSPS) is 14.6. The molecule has 11 heteroatoms. The minimum Gasteiger partial charge on any atom is -0.411 e. The molecule has 1 aliphatic heterocycles. The highest BCUT2D eigenvalue weighted by Crippen LogP contribution is 2.26. The summed E-state index contributed by atoms with van der Waals surface area (Å²) in [6.45, 7) is 1.08. The molecule has 1 amide bonds. The van der Waals surface area contributed by atoms with Gasteiger partial charge >= 0.3 is 0 Å². The van der Waals surface area contributed by atoms with Crippen LogP contribution in [0.25, 0.3) is 11.5 Å². The van der Waals surface area contributed by atoms with Gasteiger partial charge in [0.05, 0.1) is 16.3 Å². The number of carbonyl (C=O) groups is 1. The van der Waals surface area contributed by atoms with E-state index in [1.807, 2.05) is 0 Å². The minimum absolute atomic E-state index is 0.0387. The largest absolute Gasteiger partial charge is 0.411 e. The number of nitrogens with one attached hydrogen (secondary N) is 1. The van der Waals surface area contributed by atoms with Gasteiger partial charge in [-0.05, 0) is 49.2 Å². The number of hydrogen-bond acceptors (Lipinski definition) is 7. The number of thioether (sulfide) groups is 1. The Morgan fingerprint density at radius 1 is 1.10 bits per heavy atom. The van der Waals surface area contributed by atoms with Crippen LogP contribution in [-0.4, -0.2) is 47.7 Å². The predicted octanol–water partition coefficient (Wildman–Crippen LogP) is 3.39. The minimum atomic E-state index is -3.49. The lowest BCUT2D eigenvalue weighted by Gasteiger charge is -2.15. The average Bonchev–Trinajstić information content (AvgIpc) is 3.47. The Morgan fingerprint density at radius 3 is 2.52 bits per heavy atom. The zero-order chi connectivity index (χ0) is 21.8. The summed E-state index contributed by atoms with van der Waals surface area (Å²) in [5.41, 5.74) is 0.666. The Bertz CT molecular complexity index is 1180. The third-order valence-electron chi connectivity index (χ3n) is 4.69. The molecule has 1 N–H and O–H groups in total. The van der Waals surface area contributed by atoms with Crippen molar-refractivity contribution in [2.24, 2.45) is 0 Å². The second kappa shape index (κ2) is 9.16.